The van der Waals surface area contributed by atoms with Crippen LogP contribution in [0, 0.1) is 12.8 Å². The van der Waals surface area contributed by atoms with E-state index < -0.39 is 0 Å². The molecule has 0 heterocycles. The van der Waals surface area contributed by atoms with E-state index in [0.717, 1.165) is 5.92 Å². The van der Waals surface area contributed by atoms with E-state index in [2.05, 4.69) is 57.3 Å². The molecule has 0 spiro atoms. The SMILES string of the molecule is CCC(C)CC(CC)Nc1ccccc1C. The molecule has 1 N–H and O–H groups in total. The average molecular weight is 219 g/mol. The van der Waals surface area contributed by atoms with Crippen molar-refractivity contribution in [2.45, 2.75) is 53.0 Å². The Labute approximate surface area is 100 Å². The van der Waals surface area contributed by atoms with Crippen LogP contribution in [0.1, 0.15) is 45.6 Å². The smallest absolute Gasteiger partial charge is 0.0372 e. The van der Waals surface area contributed by atoms with Gasteiger partial charge in [-0.2, -0.15) is 0 Å². The summed E-state index contributed by atoms with van der Waals surface area (Å²) >= 11 is 0. The van der Waals surface area contributed by atoms with E-state index in [9.17, 15) is 0 Å². The summed E-state index contributed by atoms with van der Waals surface area (Å²) in [5.74, 6) is 0.807. The van der Waals surface area contributed by atoms with Crippen LogP contribution in [0.25, 0.3) is 0 Å². The van der Waals surface area contributed by atoms with Crippen LogP contribution in [0.2, 0.25) is 0 Å². The van der Waals surface area contributed by atoms with Crippen molar-refractivity contribution < 1.29 is 0 Å². The van der Waals surface area contributed by atoms with Crippen molar-refractivity contribution in [2.75, 3.05) is 5.32 Å². The van der Waals surface area contributed by atoms with Crippen molar-refractivity contribution in [3.8, 4) is 0 Å². The molecule has 0 aromatic heterocycles. The number of aryl methyl sites for hydroxylation is 1. The quantitative estimate of drug-likeness (QED) is 0.736. The first-order chi connectivity index (χ1) is 7.67. The van der Waals surface area contributed by atoms with E-state index >= 15 is 0 Å². The van der Waals surface area contributed by atoms with Crippen LogP contribution in [-0.4, -0.2) is 6.04 Å². The summed E-state index contributed by atoms with van der Waals surface area (Å²) < 4.78 is 0. The Morgan fingerprint density at radius 3 is 2.38 bits per heavy atom. The minimum atomic E-state index is 0.607. The molecule has 1 rings (SSSR count). The Kier molecular flexibility index (Phi) is 5.37. The van der Waals surface area contributed by atoms with Crippen LogP contribution in [-0.2, 0) is 0 Å². The summed E-state index contributed by atoms with van der Waals surface area (Å²) in [5.41, 5.74) is 2.63. The number of hydrogen-bond acceptors (Lipinski definition) is 1. The fraction of sp³-hybridized carbons (Fsp3) is 0.600. The fourth-order valence-electron chi connectivity index (χ4n) is 1.93. The molecule has 0 radical (unpaired) electrons. The lowest BCUT2D eigenvalue weighted by Gasteiger charge is -2.22. The Hall–Kier alpha value is -0.980. The van der Waals surface area contributed by atoms with E-state index in [1.807, 2.05) is 0 Å². The van der Waals surface area contributed by atoms with Crippen molar-refractivity contribution in [1.82, 2.24) is 0 Å². The maximum atomic E-state index is 3.66. The summed E-state index contributed by atoms with van der Waals surface area (Å²) in [6.45, 7) is 9.03. The zero-order chi connectivity index (χ0) is 12.0. The third-order valence-electron chi connectivity index (χ3n) is 3.38. The molecule has 0 fully saturated rings. The first-order valence-corrected chi connectivity index (χ1v) is 6.49. The van der Waals surface area contributed by atoms with E-state index in [0.29, 0.717) is 6.04 Å². The molecule has 0 aliphatic rings. The number of anilines is 1. The van der Waals surface area contributed by atoms with Gasteiger partial charge in [0.15, 0.2) is 0 Å². The molecule has 90 valence electrons. The predicted molar refractivity (Wildman–Crippen MR) is 73.0 cm³/mol. The lowest BCUT2D eigenvalue weighted by atomic mass is 9.97. The van der Waals surface area contributed by atoms with Gasteiger partial charge in [0, 0.05) is 11.7 Å². The zero-order valence-electron chi connectivity index (χ0n) is 11.1. The van der Waals surface area contributed by atoms with Crippen LogP contribution in [0.4, 0.5) is 5.69 Å². The molecule has 16 heavy (non-hydrogen) atoms. The third kappa shape index (κ3) is 3.88. The topological polar surface area (TPSA) is 12.0 Å². The zero-order valence-corrected chi connectivity index (χ0v) is 11.1. The van der Waals surface area contributed by atoms with E-state index in [-0.39, 0.29) is 0 Å². The highest BCUT2D eigenvalue weighted by Crippen LogP contribution is 2.19. The lowest BCUT2D eigenvalue weighted by molar-refractivity contribution is 0.461. The van der Waals surface area contributed by atoms with Gasteiger partial charge in [-0.3, -0.25) is 0 Å². The van der Waals surface area contributed by atoms with Crippen LogP contribution >= 0.6 is 0 Å². The highest BCUT2D eigenvalue weighted by Gasteiger charge is 2.10. The molecule has 2 unspecified atom stereocenters. The van der Waals surface area contributed by atoms with Gasteiger partial charge < -0.3 is 5.32 Å². The molecular formula is C15H25N. The van der Waals surface area contributed by atoms with Crippen LogP contribution in [0.15, 0.2) is 24.3 Å². The van der Waals surface area contributed by atoms with Gasteiger partial charge in [-0.1, -0.05) is 45.4 Å². The second kappa shape index (κ2) is 6.57. The van der Waals surface area contributed by atoms with Gasteiger partial charge in [0.05, 0.1) is 0 Å². The Bertz CT molecular complexity index is 306. The highest BCUT2D eigenvalue weighted by molar-refractivity contribution is 5.50. The molecule has 1 heteroatoms. The van der Waals surface area contributed by atoms with Crippen molar-refractivity contribution >= 4 is 5.69 Å². The van der Waals surface area contributed by atoms with Crippen molar-refractivity contribution in [3.05, 3.63) is 29.8 Å². The summed E-state index contributed by atoms with van der Waals surface area (Å²) in [4.78, 5) is 0. The Morgan fingerprint density at radius 1 is 1.12 bits per heavy atom. The van der Waals surface area contributed by atoms with Gasteiger partial charge in [0.1, 0.15) is 0 Å². The van der Waals surface area contributed by atoms with Gasteiger partial charge in [0.25, 0.3) is 0 Å². The van der Waals surface area contributed by atoms with Crippen LogP contribution in [0.3, 0.4) is 0 Å². The van der Waals surface area contributed by atoms with Crippen molar-refractivity contribution in [1.29, 1.82) is 0 Å². The number of hydrogen-bond donors (Lipinski definition) is 1. The van der Waals surface area contributed by atoms with Crippen molar-refractivity contribution in [2.24, 2.45) is 5.92 Å². The summed E-state index contributed by atoms with van der Waals surface area (Å²) in [5, 5.41) is 3.66. The minimum Gasteiger partial charge on any atom is -0.382 e. The molecule has 0 aliphatic carbocycles. The van der Waals surface area contributed by atoms with Gasteiger partial charge >= 0.3 is 0 Å². The predicted octanol–water partition coefficient (Wildman–Crippen LogP) is 4.62. The summed E-state index contributed by atoms with van der Waals surface area (Å²) in [7, 11) is 0. The number of para-hydroxylation sites is 1. The maximum absolute atomic E-state index is 3.66. The number of nitrogens with one attached hydrogen (secondary N) is 1. The second-order valence-electron chi connectivity index (χ2n) is 4.81. The fourth-order valence-corrected chi connectivity index (χ4v) is 1.93. The van der Waals surface area contributed by atoms with Crippen LogP contribution in [0.5, 0.6) is 0 Å². The molecular weight excluding hydrogens is 194 g/mol. The molecule has 1 nitrogen and oxygen atoms in total. The minimum absolute atomic E-state index is 0.607. The van der Waals surface area contributed by atoms with Gasteiger partial charge in [-0.05, 0) is 37.3 Å². The van der Waals surface area contributed by atoms with Gasteiger partial charge in [-0.15, -0.1) is 0 Å². The Balaban J connectivity index is 2.60. The molecule has 0 saturated carbocycles. The first kappa shape index (κ1) is 13.1. The monoisotopic (exact) mass is 219 g/mol. The van der Waals surface area contributed by atoms with Gasteiger partial charge in [0.2, 0.25) is 0 Å². The summed E-state index contributed by atoms with van der Waals surface area (Å²) in [6.07, 6.45) is 3.73. The van der Waals surface area contributed by atoms with E-state index in [1.165, 1.54) is 30.5 Å². The van der Waals surface area contributed by atoms with E-state index in [4.69, 9.17) is 0 Å². The molecule has 1 aromatic carbocycles. The molecule has 0 saturated heterocycles. The van der Waals surface area contributed by atoms with E-state index in [1.54, 1.807) is 0 Å². The molecule has 1 aromatic rings. The lowest BCUT2D eigenvalue weighted by Crippen LogP contribution is -2.21. The number of rotatable bonds is 6. The molecule has 2 atom stereocenters. The molecule has 0 bridgehead atoms. The van der Waals surface area contributed by atoms with Gasteiger partial charge in [-0.25, -0.2) is 0 Å². The van der Waals surface area contributed by atoms with Crippen LogP contribution < -0.4 is 5.32 Å². The third-order valence-corrected chi connectivity index (χ3v) is 3.38. The number of benzene rings is 1. The summed E-state index contributed by atoms with van der Waals surface area (Å²) in [6, 6.07) is 9.14. The Morgan fingerprint density at radius 2 is 1.81 bits per heavy atom. The first-order valence-electron chi connectivity index (χ1n) is 6.49. The highest BCUT2D eigenvalue weighted by atomic mass is 14.9. The molecule has 0 amide bonds. The maximum Gasteiger partial charge on any atom is 0.0372 e. The largest absolute Gasteiger partial charge is 0.382 e. The molecule has 0 aliphatic heterocycles. The normalized spacial score (nSPS) is 14.5. The van der Waals surface area contributed by atoms with Crippen molar-refractivity contribution in [3.63, 3.8) is 0 Å². The average Bonchev–Trinajstić information content (AvgIpc) is 2.30. The second-order valence-corrected chi connectivity index (χ2v) is 4.81. The standard InChI is InChI=1S/C15H25N/c1-5-12(3)11-14(6-2)16-15-10-8-7-9-13(15)4/h7-10,12,14,16H,5-6,11H2,1-4H3.